The smallest absolute Gasteiger partial charge is 0.328 e. The van der Waals surface area contributed by atoms with E-state index in [1.165, 1.54) is 6.08 Å². The summed E-state index contributed by atoms with van der Waals surface area (Å²) in [6.45, 7) is 4.21. The lowest BCUT2D eigenvalue weighted by Gasteiger charge is -2.12. The number of carbonyl (C=O) groups is 1. The number of aliphatic carboxylic acids is 1. The summed E-state index contributed by atoms with van der Waals surface area (Å²) in [5.74, 6) is 0.643. The molecule has 0 radical (unpaired) electrons. The highest BCUT2D eigenvalue weighted by atomic mass is 16.5. The highest BCUT2D eigenvalue weighted by molar-refractivity contribution is 5.85. The minimum Gasteiger partial charge on any atom is -0.478 e. The molecule has 0 spiro atoms. The molecule has 1 N–H and O–H groups in total. The molecule has 0 unspecified atom stereocenters. The van der Waals surface area contributed by atoms with E-state index in [2.05, 4.69) is 18.8 Å². The summed E-state index contributed by atoms with van der Waals surface area (Å²) >= 11 is 0. The van der Waals surface area contributed by atoms with E-state index in [-0.39, 0.29) is 0 Å². The van der Waals surface area contributed by atoms with Crippen LogP contribution in [0.2, 0.25) is 0 Å². The molecule has 0 bridgehead atoms. The molecule has 108 valence electrons. The van der Waals surface area contributed by atoms with E-state index in [0.717, 1.165) is 17.4 Å². The van der Waals surface area contributed by atoms with Gasteiger partial charge in [0.05, 0.1) is 0 Å². The Morgan fingerprint density at radius 1 is 1.24 bits per heavy atom. The molecule has 0 fully saturated rings. The van der Waals surface area contributed by atoms with Gasteiger partial charge in [-0.15, -0.1) is 0 Å². The molecule has 4 heteroatoms. The van der Waals surface area contributed by atoms with E-state index in [4.69, 9.17) is 9.84 Å². The van der Waals surface area contributed by atoms with Crippen LogP contribution >= 0.6 is 0 Å². The van der Waals surface area contributed by atoms with Crippen LogP contribution in [0.25, 0.3) is 6.08 Å². The van der Waals surface area contributed by atoms with Crippen molar-refractivity contribution in [1.82, 2.24) is 4.98 Å². The van der Waals surface area contributed by atoms with E-state index >= 15 is 0 Å². The van der Waals surface area contributed by atoms with Gasteiger partial charge in [-0.2, -0.15) is 0 Å². The molecule has 2 aromatic rings. The summed E-state index contributed by atoms with van der Waals surface area (Å²) in [6.07, 6.45) is 4.14. The van der Waals surface area contributed by atoms with Crippen molar-refractivity contribution in [2.45, 2.75) is 19.8 Å². The number of benzene rings is 1. The third kappa shape index (κ3) is 4.18. The fraction of sp³-hybridized carbons (Fsp3) is 0.176. The van der Waals surface area contributed by atoms with Crippen molar-refractivity contribution < 1.29 is 14.6 Å². The minimum absolute atomic E-state index is 0.360. The Kier molecular flexibility index (Phi) is 4.72. The lowest BCUT2D eigenvalue weighted by atomic mass is 10.0. The molecule has 0 aliphatic carbocycles. The number of pyridine rings is 1. The van der Waals surface area contributed by atoms with Crippen LogP contribution < -0.4 is 4.74 Å². The summed E-state index contributed by atoms with van der Waals surface area (Å²) in [5, 5.41) is 8.57. The first kappa shape index (κ1) is 14.8. The Morgan fingerprint density at radius 2 is 2.00 bits per heavy atom. The van der Waals surface area contributed by atoms with E-state index in [1.807, 2.05) is 24.3 Å². The molecule has 0 atom stereocenters. The number of hydrogen-bond donors (Lipinski definition) is 1. The molecule has 1 heterocycles. The van der Waals surface area contributed by atoms with Crippen molar-refractivity contribution in [3.63, 3.8) is 0 Å². The van der Waals surface area contributed by atoms with Crippen molar-refractivity contribution in [2.75, 3.05) is 0 Å². The first-order valence-corrected chi connectivity index (χ1v) is 6.70. The molecular formula is C17H17NO3. The van der Waals surface area contributed by atoms with Gasteiger partial charge < -0.3 is 9.84 Å². The standard InChI is InChI=1S/C17H17NO3/c1-12(2)14-5-3-4-6-15(14)21-16-9-7-13(11-18-16)8-10-17(19)20/h3-12H,1-2H3,(H,19,20)/b10-8+. The third-order valence-electron chi connectivity index (χ3n) is 2.93. The van der Waals surface area contributed by atoms with E-state index in [9.17, 15) is 4.79 Å². The number of carboxylic acid groups (broad SMARTS) is 1. The summed E-state index contributed by atoms with van der Waals surface area (Å²) < 4.78 is 5.80. The minimum atomic E-state index is -0.985. The molecule has 1 aromatic carbocycles. The molecule has 2 rings (SSSR count). The maximum absolute atomic E-state index is 10.5. The summed E-state index contributed by atoms with van der Waals surface area (Å²) in [4.78, 5) is 14.6. The van der Waals surface area contributed by atoms with Gasteiger partial charge in [-0.1, -0.05) is 32.0 Å². The Morgan fingerprint density at radius 3 is 2.62 bits per heavy atom. The molecule has 0 saturated heterocycles. The number of aromatic nitrogens is 1. The molecule has 0 saturated carbocycles. The number of ether oxygens (including phenoxy) is 1. The predicted octanol–water partition coefficient (Wildman–Crippen LogP) is 4.10. The fourth-order valence-electron chi connectivity index (χ4n) is 1.88. The monoisotopic (exact) mass is 283 g/mol. The van der Waals surface area contributed by atoms with Crippen LogP contribution in [0.3, 0.4) is 0 Å². The molecule has 0 aliphatic heterocycles. The first-order valence-electron chi connectivity index (χ1n) is 6.70. The maximum atomic E-state index is 10.5. The van der Waals surface area contributed by atoms with Crippen LogP contribution in [0.4, 0.5) is 0 Å². The Labute approximate surface area is 123 Å². The Balaban J connectivity index is 2.16. The van der Waals surface area contributed by atoms with Crippen LogP contribution in [0.15, 0.2) is 48.7 Å². The normalized spacial score (nSPS) is 11.0. The summed E-state index contributed by atoms with van der Waals surface area (Å²) in [7, 11) is 0. The van der Waals surface area contributed by atoms with Crippen LogP contribution in [0.5, 0.6) is 11.6 Å². The zero-order valence-electron chi connectivity index (χ0n) is 12.0. The SMILES string of the molecule is CC(C)c1ccccc1Oc1ccc(/C=C/C(=O)O)cn1. The van der Waals surface area contributed by atoms with E-state index < -0.39 is 5.97 Å². The van der Waals surface area contributed by atoms with Gasteiger partial charge in [-0.05, 0) is 35.3 Å². The van der Waals surface area contributed by atoms with Gasteiger partial charge in [0.2, 0.25) is 5.88 Å². The van der Waals surface area contributed by atoms with Crippen LogP contribution in [-0.4, -0.2) is 16.1 Å². The lowest BCUT2D eigenvalue weighted by molar-refractivity contribution is -0.131. The zero-order chi connectivity index (χ0) is 15.2. The highest BCUT2D eigenvalue weighted by Gasteiger charge is 2.08. The molecule has 21 heavy (non-hydrogen) atoms. The van der Waals surface area contributed by atoms with Crippen molar-refractivity contribution in [2.24, 2.45) is 0 Å². The second-order valence-corrected chi connectivity index (χ2v) is 4.90. The summed E-state index contributed by atoms with van der Waals surface area (Å²) in [6, 6.07) is 11.3. The van der Waals surface area contributed by atoms with Gasteiger partial charge in [0.1, 0.15) is 5.75 Å². The van der Waals surface area contributed by atoms with Crippen LogP contribution in [-0.2, 0) is 4.79 Å². The molecular weight excluding hydrogens is 266 g/mol. The fourth-order valence-corrected chi connectivity index (χ4v) is 1.88. The first-order chi connectivity index (χ1) is 10.1. The largest absolute Gasteiger partial charge is 0.478 e. The average Bonchev–Trinajstić information content (AvgIpc) is 2.47. The number of para-hydroxylation sites is 1. The average molecular weight is 283 g/mol. The van der Waals surface area contributed by atoms with Crippen molar-refractivity contribution in [3.8, 4) is 11.6 Å². The van der Waals surface area contributed by atoms with Crippen LogP contribution in [0.1, 0.15) is 30.9 Å². The quantitative estimate of drug-likeness (QED) is 0.839. The van der Waals surface area contributed by atoms with Gasteiger partial charge in [0.25, 0.3) is 0 Å². The van der Waals surface area contributed by atoms with Crippen LogP contribution in [0, 0.1) is 0 Å². The number of nitrogens with zero attached hydrogens (tertiary/aromatic N) is 1. The van der Waals surface area contributed by atoms with Gasteiger partial charge in [0, 0.05) is 18.3 Å². The van der Waals surface area contributed by atoms with E-state index in [1.54, 1.807) is 18.3 Å². The topological polar surface area (TPSA) is 59.4 Å². The van der Waals surface area contributed by atoms with Gasteiger partial charge in [0.15, 0.2) is 0 Å². The zero-order valence-corrected chi connectivity index (χ0v) is 12.0. The predicted molar refractivity (Wildman–Crippen MR) is 81.5 cm³/mol. The Hall–Kier alpha value is -2.62. The third-order valence-corrected chi connectivity index (χ3v) is 2.93. The molecule has 0 amide bonds. The highest BCUT2D eigenvalue weighted by Crippen LogP contribution is 2.29. The Bertz CT molecular complexity index is 645. The molecule has 1 aromatic heterocycles. The van der Waals surface area contributed by atoms with Crippen molar-refractivity contribution in [1.29, 1.82) is 0 Å². The van der Waals surface area contributed by atoms with Gasteiger partial charge in [-0.25, -0.2) is 9.78 Å². The second kappa shape index (κ2) is 6.70. The maximum Gasteiger partial charge on any atom is 0.328 e. The van der Waals surface area contributed by atoms with Crippen molar-refractivity contribution in [3.05, 3.63) is 59.8 Å². The number of hydrogen-bond acceptors (Lipinski definition) is 3. The van der Waals surface area contributed by atoms with E-state index in [0.29, 0.717) is 17.4 Å². The summed E-state index contributed by atoms with van der Waals surface area (Å²) in [5.41, 5.74) is 1.83. The number of carboxylic acids is 1. The van der Waals surface area contributed by atoms with Gasteiger partial charge in [-0.3, -0.25) is 0 Å². The lowest BCUT2D eigenvalue weighted by Crippen LogP contribution is -1.95. The van der Waals surface area contributed by atoms with Gasteiger partial charge >= 0.3 is 5.97 Å². The molecule has 4 nitrogen and oxygen atoms in total. The molecule has 0 aliphatic rings. The second-order valence-electron chi connectivity index (χ2n) is 4.90. The number of rotatable bonds is 5. The van der Waals surface area contributed by atoms with Crippen molar-refractivity contribution >= 4 is 12.0 Å².